The molecule has 0 saturated carbocycles. The molecule has 0 atom stereocenters. The molecule has 2 aromatic carbocycles. The minimum absolute atomic E-state index is 0.0270. The molecule has 0 saturated heterocycles. The van der Waals surface area contributed by atoms with Crippen LogP contribution in [0.25, 0.3) is 0 Å². The third-order valence-corrected chi connectivity index (χ3v) is 5.50. The fourth-order valence-electron chi connectivity index (χ4n) is 2.80. The largest absolute Gasteiger partial charge is 0.486 e. The normalized spacial score (nSPS) is 10.8. The van der Waals surface area contributed by atoms with Gasteiger partial charge in [0.2, 0.25) is 5.91 Å². The van der Waals surface area contributed by atoms with E-state index in [2.05, 4.69) is 29.4 Å². The summed E-state index contributed by atoms with van der Waals surface area (Å²) in [5.41, 5.74) is 0.473. The van der Waals surface area contributed by atoms with Gasteiger partial charge in [-0.05, 0) is 36.6 Å². The number of thioether (sulfide) groups is 1. The summed E-state index contributed by atoms with van der Waals surface area (Å²) < 4.78 is 7.82. The number of hydrogen-bond acceptors (Lipinski definition) is 7. The van der Waals surface area contributed by atoms with Gasteiger partial charge in [-0.25, -0.2) is 0 Å². The maximum absolute atomic E-state index is 12.4. The first-order valence-electron chi connectivity index (χ1n) is 10.2. The SMILES string of the molecule is CC(C)CCn1c(COc2ccccc2)nnc1SCC(=O)Nc1ccc([N+](=O)[O-])cc1. The molecular formula is C22H25N5O4S. The number of amides is 1. The number of nitro groups is 1. The lowest BCUT2D eigenvalue weighted by Crippen LogP contribution is -2.15. The zero-order valence-corrected chi connectivity index (χ0v) is 18.7. The van der Waals surface area contributed by atoms with Crippen molar-refractivity contribution in [1.82, 2.24) is 14.8 Å². The van der Waals surface area contributed by atoms with Crippen LogP contribution < -0.4 is 10.1 Å². The first kappa shape index (κ1) is 23.3. The standard InChI is InChI=1S/C22H25N5O4S/c1-16(2)12-13-26-20(14-31-19-6-4-3-5-7-19)24-25-22(26)32-15-21(28)23-17-8-10-18(11-9-17)27(29)30/h3-11,16H,12-15H2,1-2H3,(H,23,28). The number of rotatable bonds is 11. The van der Waals surface area contributed by atoms with Gasteiger partial charge in [-0.1, -0.05) is 43.8 Å². The monoisotopic (exact) mass is 455 g/mol. The molecule has 1 heterocycles. The Labute approximate surface area is 190 Å². The van der Waals surface area contributed by atoms with Gasteiger partial charge in [-0.15, -0.1) is 10.2 Å². The summed E-state index contributed by atoms with van der Waals surface area (Å²) in [7, 11) is 0. The van der Waals surface area contributed by atoms with Crippen LogP contribution in [0.4, 0.5) is 11.4 Å². The van der Waals surface area contributed by atoms with Gasteiger partial charge in [0.05, 0.1) is 10.7 Å². The number of anilines is 1. The molecule has 1 aromatic heterocycles. The van der Waals surface area contributed by atoms with E-state index < -0.39 is 4.92 Å². The molecule has 0 fully saturated rings. The molecule has 1 N–H and O–H groups in total. The van der Waals surface area contributed by atoms with Crippen molar-refractivity contribution >= 4 is 29.0 Å². The highest BCUT2D eigenvalue weighted by Gasteiger charge is 2.16. The number of ether oxygens (including phenoxy) is 1. The number of non-ortho nitro benzene ring substituents is 1. The first-order chi connectivity index (χ1) is 15.4. The minimum Gasteiger partial charge on any atom is -0.486 e. The summed E-state index contributed by atoms with van der Waals surface area (Å²) in [4.78, 5) is 22.6. The van der Waals surface area contributed by atoms with Crippen LogP contribution in [-0.2, 0) is 17.9 Å². The summed E-state index contributed by atoms with van der Waals surface area (Å²) in [5.74, 6) is 1.86. The molecule has 0 aliphatic rings. The molecule has 9 nitrogen and oxygen atoms in total. The van der Waals surface area contributed by atoms with E-state index >= 15 is 0 Å². The van der Waals surface area contributed by atoms with E-state index in [0.717, 1.165) is 18.7 Å². The third-order valence-electron chi connectivity index (χ3n) is 4.53. The maximum atomic E-state index is 12.4. The highest BCUT2D eigenvalue weighted by atomic mass is 32.2. The lowest BCUT2D eigenvalue weighted by Gasteiger charge is -2.12. The molecule has 0 aliphatic heterocycles. The van der Waals surface area contributed by atoms with Gasteiger partial charge in [-0.2, -0.15) is 0 Å². The molecule has 0 radical (unpaired) electrons. The number of benzene rings is 2. The van der Waals surface area contributed by atoms with Crippen LogP contribution in [0, 0.1) is 16.0 Å². The summed E-state index contributed by atoms with van der Waals surface area (Å²) in [6, 6.07) is 15.2. The van der Waals surface area contributed by atoms with Crippen LogP contribution >= 0.6 is 11.8 Å². The second-order valence-corrected chi connectivity index (χ2v) is 8.42. The predicted molar refractivity (Wildman–Crippen MR) is 123 cm³/mol. The molecule has 32 heavy (non-hydrogen) atoms. The Balaban J connectivity index is 1.61. The second kappa shape index (κ2) is 11.3. The van der Waals surface area contributed by atoms with Gasteiger partial charge >= 0.3 is 0 Å². The Bertz CT molecular complexity index is 1040. The molecule has 3 rings (SSSR count). The van der Waals surface area contributed by atoms with Crippen LogP contribution in [0.5, 0.6) is 5.75 Å². The van der Waals surface area contributed by atoms with Crippen molar-refractivity contribution in [3.63, 3.8) is 0 Å². The molecule has 10 heteroatoms. The zero-order valence-electron chi connectivity index (χ0n) is 17.9. The Kier molecular flexibility index (Phi) is 8.20. The zero-order chi connectivity index (χ0) is 22.9. The Morgan fingerprint density at radius 2 is 1.88 bits per heavy atom. The highest BCUT2D eigenvalue weighted by molar-refractivity contribution is 7.99. The minimum atomic E-state index is -0.482. The topological polar surface area (TPSA) is 112 Å². The van der Waals surface area contributed by atoms with Gasteiger partial charge in [0.25, 0.3) is 5.69 Å². The van der Waals surface area contributed by atoms with Crippen LogP contribution in [0.2, 0.25) is 0 Å². The Hall–Kier alpha value is -3.40. The van der Waals surface area contributed by atoms with E-state index in [9.17, 15) is 14.9 Å². The van der Waals surface area contributed by atoms with E-state index in [4.69, 9.17) is 4.74 Å². The van der Waals surface area contributed by atoms with Gasteiger partial charge in [0, 0.05) is 24.4 Å². The number of carbonyl (C=O) groups is 1. The van der Waals surface area contributed by atoms with Crippen LogP contribution in [0.3, 0.4) is 0 Å². The molecule has 0 aliphatic carbocycles. The predicted octanol–water partition coefficient (Wildman–Crippen LogP) is 4.54. The first-order valence-corrected chi connectivity index (χ1v) is 11.2. The van der Waals surface area contributed by atoms with Crippen LogP contribution in [0.1, 0.15) is 26.1 Å². The quantitative estimate of drug-likeness (QED) is 0.256. The lowest BCUT2D eigenvalue weighted by molar-refractivity contribution is -0.384. The number of aromatic nitrogens is 3. The summed E-state index contributed by atoms with van der Waals surface area (Å²) >= 11 is 1.29. The van der Waals surface area contributed by atoms with Gasteiger partial charge in [0.15, 0.2) is 11.0 Å². The van der Waals surface area contributed by atoms with Gasteiger partial charge in [0.1, 0.15) is 12.4 Å². The Morgan fingerprint density at radius 1 is 1.16 bits per heavy atom. The smallest absolute Gasteiger partial charge is 0.269 e. The lowest BCUT2D eigenvalue weighted by atomic mass is 10.1. The van der Waals surface area contributed by atoms with Crippen LogP contribution in [-0.4, -0.2) is 31.3 Å². The van der Waals surface area contributed by atoms with E-state index in [-0.39, 0.29) is 24.0 Å². The molecule has 168 valence electrons. The van der Waals surface area contributed by atoms with E-state index in [1.54, 1.807) is 0 Å². The number of nitrogens with one attached hydrogen (secondary N) is 1. The fourth-order valence-corrected chi connectivity index (χ4v) is 3.59. The van der Waals surface area contributed by atoms with E-state index in [1.165, 1.54) is 36.0 Å². The van der Waals surface area contributed by atoms with Crippen molar-refractivity contribution in [2.45, 2.75) is 38.6 Å². The average Bonchev–Trinajstić information content (AvgIpc) is 3.17. The van der Waals surface area contributed by atoms with Crippen molar-refractivity contribution in [3.05, 3.63) is 70.5 Å². The summed E-state index contributed by atoms with van der Waals surface area (Å²) in [6.07, 6.45) is 0.943. The van der Waals surface area contributed by atoms with Crippen molar-refractivity contribution in [2.75, 3.05) is 11.1 Å². The summed E-state index contributed by atoms with van der Waals surface area (Å²) in [6.45, 7) is 5.30. The number of carbonyl (C=O) groups excluding carboxylic acids is 1. The van der Waals surface area contributed by atoms with Gasteiger partial charge in [-0.3, -0.25) is 14.9 Å². The van der Waals surface area contributed by atoms with Gasteiger partial charge < -0.3 is 14.6 Å². The molecule has 0 unspecified atom stereocenters. The second-order valence-electron chi connectivity index (χ2n) is 7.48. The molecular weight excluding hydrogens is 430 g/mol. The number of nitrogens with zero attached hydrogens (tertiary/aromatic N) is 4. The maximum Gasteiger partial charge on any atom is 0.269 e. The Morgan fingerprint density at radius 3 is 2.53 bits per heavy atom. The van der Waals surface area contributed by atoms with Crippen LogP contribution in [0.15, 0.2) is 59.8 Å². The van der Waals surface area contributed by atoms with E-state index in [0.29, 0.717) is 22.6 Å². The van der Waals surface area contributed by atoms with Crippen molar-refractivity contribution in [2.24, 2.45) is 5.92 Å². The fraction of sp³-hybridized carbons (Fsp3) is 0.318. The number of hydrogen-bond donors (Lipinski definition) is 1. The number of nitro benzene ring substituents is 1. The molecule has 0 bridgehead atoms. The molecule has 3 aromatic rings. The third kappa shape index (κ3) is 6.81. The van der Waals surface area contributed by atoms with Crippen molar-refractivity contribution < 1.29 is 14.5 Å². The highest BCUT2D eigenvalue weighted by Crippen LogP contribution is 2.21. The van der Waals surface area contributed by atoms with Crippen molar-refractivity contribution in [3.8, 4) is 5.75 Å². The number of para-hydroxylation sites is 1. The van der Waals surface area contributed by atoms with Crippen molar-refractivity contribution in [1.29, 1.82) is 0 Å². The molecule has 1 amide bonds. The van der Waals surface area contributed by atoms with E-state index in [1.807, 2.05) is 34.9 Å². The summed E-state index contributed by atoms with van der Waals surface area (Å²) in [5, 5.41) is 22.7. The average molecular weight is 456 g/mol. The molecule has 0 spiro atoms.